The number of hydrogen-bond donors (Lipinski definition) is 2. The van der Waals surface area contributed by atoms with Crippen LogP contribution in [0.5, 0.6) is 0 Å². The lowest BCUT2D eigenvalue weighted by molar-refractivity contribution is -0.139. The Balaban J connectivity index is 2.80. The van der Waals surface area contributed by atoms with E-state index in [2.05, 4.69) is 5.32 Å². The molecule has 4 nitrogen and oxygen atoms in total. The minimum atomic E-state index is -0.903. The molecule has 0 bridgehead atoms. The van der Waals surface area contributed by atoms with E-state index in [4.69, 9.17) is 5.11 Å². The molecule has 5 heteroatoms. The van der Waals surface area contributed by atoms with Crippen molar-refractivity contribution in [3.05, 3.63) is 30.3 Å². The molecule has 0 saturated carbocycles. The molecule has 0 radical (unpaired) electrons. The predicted octanol–water partition coefficient (Wildman–Crippen LogP) is 3.56. The van der Waals surface area contributed by atoms with Gasteiger partial charge in [0.05, 0.1) is 11.7 Å². The van der Waals surface area contributed by atoms with E-state index in [0.29, 0.717) is 6.42 Å². The van der Waals surface area contributed by atoms with Gasteiger partial charge in [0.1, 0.15) is 0 Å². The van der Waals surface area contributed by atoms with Crippen LogP contribution in [0.3, 0.4) is 0 Å². The zero-order valence-electron chi connectivity index (χ0n) is 13.6. The monoisotopic (exact) mass is 323 g/mol. The molecule has 1 aromatic rings. The normalized spacial score (nSPS) is 15.1. The average Bonchev–Trinajstić information content (AvgIpc) is 2.44. The Morgan fingerprint density at radius 3 is 2.32 bits per heavy atom. The lowest BCUT2D eigenvalue weighted by Crippen LogP contribution is -2.53. The number of carboxylic acid groups (broad SMARTS) is 1. The van der Waals surface area contributed by atoms with Crippen LogP contribution in [0.1, 0.15) is 40.5 Å². The van der Waals surface area contributed by atoms with Gasteiger partial charge in [-0.1, -0.05) is 39.0 Å². The highest BCUT2D eigenvalue weighted by atomic mass is 32.2. The molecule has 0 aliphatic rings. The lowest BCUT2D eigenvalue weighted by atomic mass is 9.85. The quantitative estimate of drug-likeness (QED) is 0.718. The molecular weight excluding hydrogens is 298 g/mol. The van der Waals surface area contributed by atoms with E-state index in [9.17, 15) is 9.59 Å². The molecule has 1 rings (SSSR count). The van der Waals surface area contributed by atoms with E-state index in [1.165, 1.54) is 11.8 Å². The number of amides is 1. The van der Waals surface area contributed by atoms with Crippen LogP contribution in [0.2, 0.25) is 0 Å². The number of carboxylic acids is 1. The highest BCUT2D eigenvalue weighted by Gasteiger charge is 2.34. The Hall–Kier alpha value is -1.49. The molecule has 0 heterocycles. The molecule has 0 fully saturated rings. The van der Waals surface area contributed by atoms with Crippen molar-refractivity contribution in [2.45, 2.75) is 56.2 Å². The zero-order chi connectivity index (χ0) is 16.8. The molecule has 2 N–H and O–H groups in total. The van der Waals surface area contributed by atoms with Gasteiger partial charge in [0, 0.05) is 10.4 Å². The maximum absolute atomic E-state index is 12.6. The minimum absolute atomic E-state index is 0.0341. The number of rotatable bonds is 8. The SMILES string of the molecule is CCC(Sc1ccccc1)C(=O)NC(C)(CC(=O)O)C(C)C. The fourth-order valence-electron chi connectivity index (χ4n) is 2.05. The summed E-state index contributed by atoms with van der Waals surface area (Å²) in [5.74, 6) is -0.971. The van der Waals surface area contributed by atoms with Crippen molar-refractivity contribution in [2.75, 3.05) is 0 Å². The Morgan fingerprint density at radius 1 is 1.27 bits per heavy atom. The summed E-state index contributed by atoms with van der Waals surface area (Å²) in [4.78, 5) is 24.7. The number of carbonyl (C=O) groups excluding carboxylic acids is 1. The summed E-state index contributed by atoms with van der Waals surface area (Å²) in [6.07, 6.45) is 0.607. The van der Waals surface area contributed by atoms with Gasteiger partial charge in [0.2, 0.25) is 5.91 Å². The van der Waals surface area contributed by atoms with Crippen molar-refractivity contribution in [3.63, 3.8) is 0 Å². The Labute approximate surface area is 136 Å². The van der Waals surface area contributed by atoms with E-state index in [1.54, 1.807) is 6.92 Å². The average molecular weight is 323 g/mol. The van der Waals surface area contributed by atoms with Gasteiger partial charge in [-0.25, -0.2) is 0 Å². The van der Waals surface area contributed by atoms with Crippen molar-refractivity contribution in [3.8, 4) is 0 Å². The number of hydrogen-bond acceptors (Lipinski definition) is 3. The van der Waals surface area contributed by atoms with Crippen molar-refractivity contribution < 1.29 is 14.7 Å². The highest BCUT2D eigenvalue weighted by Crippen LogP contribution is 2.27. The van der Waals surface area contributed by atoms with E-state index in [1.807, 2.05) is 51.1 Å². The van der Waals surface area contributed by atoms with Crippen LogP contribution >= 0.6 is 11.8 Å². The first-order chi connectivity index (χ1) is 10.3. The van der Waals surface area contributed by atoms with Crippen molar-refractivity contribution >= 4 is 23.6 Å². The molecule has 1 amide bonds. The number of thioether (sulfide) groups is 1. The number of aliphatic carboxylic acids is 1. The zero-order valence-corrected chi connectivity index (χ0v) is 14.4. The van der Waals surface area contributed by atoms with Crippen molar-refractivity contribution in [1.82, 2.24) is 5.32 Å². The van der Waals surface area contributed by atoms with Crippen LogP contribution in [-0.4, -0.2) is 27.8 Å². The van der Waals surface area contributed by atoms with Crippen LogP contribution in [0, 0.1) is 5.92 Å². The van der Waals surface area contributed by atoms with E-state index >= 15 is 0 Å². The molecular formula is C17H25NO3S. The Bertz CT molecular complexity index is 504. The highest BCUT2D eigenvalue weighted by molar-refractivity contribution is 8.00. The number of benzene rings is 1. The summed E-state index contributed by atoms with van der Waals surface area (Å²) in [7, 11) is 0. The van der Waals surface area contributed by atoms with Gasteiger partial charge >= 0.3 is 5.97 Å². The smallest absolute Gasteiger partial charge is 0.305 e. The summed E-state index contributed by atoms with van der Waals surface area (Å²) in [5, 5.41) is 11.8. The molecule has 0 aliphatic heterocycles. The molecule has 2 atom stereocenters. The molecule has 22 heavy (non-hydrogen) atoms. The van der Waals surface area contributed by atoms with Crippen LogP contribution in [0.15, 0.2) is 35.2 Å². The lowest BCUT2D eigenvalue weighted by Gasteiger charge is -2.34. The minimum Gasteiger partial charge on any atom is -0.481 e. The topological polar surface area (TPSA) is 66.4 Å². The van der Waals surface area contributed by atoms with E-state index in [-0.39, 0.29) is 23.5 Å². The maximum atomic E-state index is 12.6. The van der Waals surface area contributed by atoms with Crippen molar-refractivity contribution in [1.29, 1.82) is 0 Å². The second kappa shape index (κ2) is 8.22. The maximum Gasteiger partial charge on any atom is 0.305 e. The molecule has 0 aromatic heterocycles. The van der Waals surface area contributed by atoms with Crippen molar-refractivity contribution in [2.24, 2.45) is 5.92 Å². The summed E-state index contributed by atoms with van der Waals surface area (Å²) in [6, 6.07) is 9.76. The second-order valence-electron chi connectivity index (χ2n) is 5.96. The third-order valence-electron chi connectivity index (χ3n) is 3.89. The summed E-state index contributed by atoms with van der Waals surface area (Å²) >= 11 is 1.51. The standard InChI is InChI=1S/C17H25NO3S/c1-5-14(22-13-9-7-6-8-10-13)16(21)18-17(4,12(2)3)11-15(19)20/h6-10,12,14H,5,11H2,1-4H3,(H,18,21)(H,19,20). The first-order valence-corrected chi connectivity index (χ1v) is 8.42. The Kier molecular flexibility index (Phi) is 6.94. The second-order valence-corrected chi connectivity index (χ2v) is 7.24. The first-order valence-electron chi connectivity index (χ1n) is 7.54. The van der Waals surface area contributed by atoms with Gasteiger partial charge in [-0.05, 0) is 31.4 Å². The first kappa shape index (κ1) is 18.6. The predicted molar refractivity (Wildman–Crippen MR) is 90.0 cm³/mol. The van der Waals surface area contributed by atoms with Gasteiger partial charge < -0.3 is 10.4 Å². The fourth-order valence-corrected chi connectivity index (χ4v) is 3.03. The molecule has 0 spiro atoms. The van der Waals surface area contributed by atoms with Crippen LogP contribution < -0.4 is 5.32 Å². The summed E-state index contributed by atoms with van der Waals surface area (Å²) < 4.78 is 0. The van der Waals surface area contributed by atoms with Crippen LogP contribution in [0.25, 0.3) is 0 Å². The number of nitrogens with one attached hydrogen (secondary N) is 1. The fraction of sp³-hybridized carbons (Fsp3) is 0.529. The van der Waals surface area contributed by atoms with Crippen LogP contribution in [-0.2, 0) is 9.59 Å². The third-order valence-corrected chi connectivity index (χ3v) is 5.26. The number of carbonyl (C=O) groups is 2. The largest absolute Gasteiger partial charge is 0.481 e. The molecule has 0 saturated heterocycles. The summed E-state index contributed by atoms with van der Waals surface area (Å²) in [5.41, 5.74) is -0.742. The van der Waals surface area contributed by atoms with Gasteiger partial charge in [-0.3, -0.25) is 9.59 Å². The van der Waals surface area contributed by atoms with E-state index in [0.717, 1.165) is 4.90 Å². The summed E-state index contributed by atoms with van der Waals surface area (Å²) in [6.45, 7) is 7.61. The van der Waals surface area contributed by atoms with Gasteiger partial charge in [-0.2, -0.15) is 0 Å². The molecule has 1 aromatic carbocycles. The van der Waals surface area contributed by atoms with E-state index < -0.39 is 11.5 Å². The molecule has 122 valence electrons. The molecule has 0 aliphatic carbocycles. The van der Waals surface area contributed by atoms with Gasteiger partial charge in [0.25, 0.3) is 0 Å². The third kappa shape index (κ3) is 5.37. The molecule has 2 unspecified atom stereocenters. The van der Waals surface area contributed by atoms with Gasteiger partial charge in [0.15, 0.2) is 0 Å². The Morgan fingerprint density at radius 2 is 1.86 bits per heavy atom. The van der Waals surface area contributed by atoms with Gasteiger partial charge in [-0.15, -0.1) is 11.8 Å². The van der Waals surface area contributed by atoms with Crippen LogP contribution in [0.4, 0.5) is 0 Å².